The highest BCUT2D eigenvalue weighted by Gasteiger charge is 1.84. The van der Waals surface area contributed by atoms with Crippen molar-refractivity contribution in [1.82, 2.24) is 0 Å². The van der Waals surface area contributed by atoms with Crippen LogP contribution in [-0.4, -0.2) is 12.6 Å². The van der Waals surface area contributed by atoms with Crippen LogP contribution in [0, 0.1) is 35.5 Å². The molecule has 17 heavy (non-hydrogen) atoms. The molecule has 1 aromatic rings. The minimum Gasteiger partial charge on any atom is -0.453 e. The predicted octanol–water partition coefficient (Wildman–Crippen LogP) is 1.61. The van der Waals surface area contributed by atoms with E-state index in [9.17, 15) is 4.79 Å². The minimum atomic E-state index is -0.351. The molecule has 0 atom stereocenters. The fourth-order valence-electron chi connectivity index (χ4n) is 0.905. The van der Waals surface area contributed by atoms with E-state index in [1.165, 1.54) is 6.92 Å². The molecular formula is C15H10O2. The van der Waals surface area contributed by atoms with Gasteiger partial charge in [0.2, 0.25) is 0 Å². The monoisotopic (exact) mass is 222 g/mol. The largest absolute Gasteiger partial charge is 0.453 e. The molecule has 0 unspecified atom stereocenters. The van der Waals surface area contributed by atoms with E-state index in [4.69, 9.17) is 0 Å². The molecule has 0 heterocycles. The summed E-state index contributed by atoms with van der Waals surface area (Å²) < 4.78 is 4.60. The van der Waals surface area contributed by atoms with E-state index in [1.54, 1.807) is 0 Å². The van der Waals surface area contributed by atoms with Crippen molar-refractivity contribution in [2.75, 3.05) is 6.61 Å². The van der Waals surface area contributed by atoms with E-state index in [0.29, 0.717) is 0 Å². The first kappa shape index (κ1) is 12.4. The second-order valence-corrected chi connectivity index (χ2v) is 2.95. The molecule has 2 heteroatoms. The molecule has 0 aromatic heterocycles. The number of hydrogen-bond donors (Lipinski definition) is 0. The Morgan fingerprint density at radius 2 is 1.82 bits per heavy atom. The zero-order valence-electron chi connectivity index (χ0n) is 9.41. The first-order valence-electron chi connectivity index (χ1n) is 4.96. The van der Waals surface area contributed by atoms with Crippen LogP contribution in [0.4, 0.5) is 0 Å². The first-order chi connectivity index (χ1) is 8.29. The van der Waals surface area contributed by atoms with Gasteiger partial charge in [-0.25, -0.2) is 0 Å². The lowest BCUT2D eigenvalue weighted by Crippen LogP contribution is -1.97. The Labute approximate surface area is 101 Å². The lowest BCUT2D eigenvalue weighted by molar-refractivity contribution is -0.139. The van der Waals surface area contributed by atoms with Crippen LogP contribution in [0.5, 0.6) is 0 Å². The van der Waals surface area contributed by atoms with Crippen LogP contribution in [0.15, 0.2) is 30.3 Å². The number of ether oxygens (including phenoxy) is 1. The summed E-state index contributed by atoms with van der Waals surface area (Å²) in [5.74, 6) is 15.5. The van der Waals surface area contributed by atoms with Crippen LogP contribution in [0.3, 0.4) is 0 Å². The standard InChI is InChI=1S/C15H10O2/c1-14(16)17-13-9-4-2-3-6-10-15-11-7-5-8-12-15/h5,7-8,11-12H,13H2,1H3. The van der Waals surface area contributed by atoms with Crippen LogP contribution in [0.1, 0.15) is 12.5 Å². The van der Waals surface area contributed by atoms with Gasteiger partial charge >= 0.3 is 5.97 Å². The zero-order chi connectivity index (χ0) is 12.3. The second-order valence-electron chi connectivity index (χ2n) is 2.95. The van der Waals surface area contributed by atoms with Crippen molar-refractivity contribution in [2.24, 2.45) is 0 Å². The van der Waals surface area contributed by atoms with Crippen molar-refractivity contribution in [2.45, 2.75) is 6.92 Å². The van der Waals surface area contributed by atoms with Gasteiger partial charge in [0.15, 0.2) is 6.61 Å². The van der Waals surface area contributed by atoms with Crippen LogP contribution < -0.4 is 0 Å². The summed E-state index contributed by atoms with van der Waals surface area (Å²) in [4.78, 5) is 10.4. The van der Waals surface area contributed by atoms with Gasteiger partial charge < -0.3 is 4.74 Å². The van der Waals surface area contributed by atoms with Gasteiger partial charge in [0.25, 0.3) is 0 Å². The maximum atomic E-state index is 10.4. The summed E-state index contributed by atoms with van der Waals surface area (Å²) in [5.41, 5.74) is 0.912. The summed E-state index contributed by atoms with van der Waals surface area (Å²) in [6.07, 6.45) is 0. The predicted molar refractivity (Wildman–Crippen MR) is 65.5 cm³/mol. The SMILES string of the molecule is CC(=O)OCC#CC#CC#Cc1ccccc1. The number of carbonyl (C=O) groups excluding carboxylic acids is 1. The molecule has 0 fully saturated rings. The quantitative estimate of drug-likeness (QED) is 0.533. The van der Waals surface area contributed by atoms with E-state index in [0.717, 1.165) is 5.56 Å². The molecule has 0 N–H and O–H groups in total. The Hall–Kier alpha value is -2.63. The Bertz CT molecular complexity index is 551. The molecular weight excluding hydrogens is 212 g/mol. The van der Waals surface area contributed by atoms with Gasteiger partial charge in [0.05, 0.1) is 0 Å². The first-order valence-corrected chi connectivity index (χ1v) is 4.96. The molecule has 2 nitrogen and oxygen atoms in total. The number of carbonyl (C=O) groups is 1. The van der Waals surface area contributed by atoms with Gasteiger partial charge in [0, 0.05) is 12.5 Å². The summed E-state index contributed by atoms with van der Waals surface area (Å²) in [6.45, 7) is 1.40. The van der Waals surface area contributed by atoms with Gasteiger partial charge in [-0.05, 0) is 41.7 Å². The highest BCUT2D eigenvalue weighted by molar-refractivity contribution is 5.66. The average Bonchev–Trinajstić information content (AvgIpc) is 2.33. The summed E-state index contributed by atoms with van der Waals surface area (Å²) in [6, 6.07) is 9.56. The van der Waals surface area contributed by atoms with E-state index in [-0.39, 0.29) is 12.6 Å². The topological polar surface area (TPSA) is 26.3 Å². The Balaban J connectivity index is 2.42. The van der Waals surface area contributed by atoms with Crippen molar-refractivity contribution in [1.29, 1.82) is 0 Å². The molecule has 0 aliphatic carbocycles. The molecule has 0 radical (unpaired) electrons. The van der Waals surface area contributed by atoms with Gasteiger partial charge in [-0.3, -0.25) is 4.79 Å². The highest BCUT2D eigenvalue weighted by atomic mass is 16.5. The van der Waals surface area contributed by atoms with Crippen LogP contribution in [0.2, 0.25) is 0 Å². The maximum Gasteiger partial charge on any atom is 0.303 e. The maximum absolute atomic E-state index is 10.4. The minimum absolute atomic E-state index is 0.0656. The third kappa shape index (κ3) is 6.45. The molecule has 1 aromatic carbocycles. The van der Waals surface area contributed by atoms with Crippen molar-refractivity contribution >= 4 is 5.97 Å². The number of hydrogen-bond acceptors (Lipinski definition) is 2. The van der Waals surface area contributed by atoms with Crippen LogP contribution in [0.25, 0.3) is 0 Å². The molecule has 0 bridgehead atoms. The summed E-state index contributed by atoms with van der Waals surface area (Å²) >= 11 is 0. The molecule has 0 saturated heterocycles. The molecule has 0 amide bonds. The molecule has 0 saturated carbocycles. The fourth-order valence-corrected chi connectivity index (χ4v) is 0.905. The van der Waals surface area contributed by atoms with E-state index in [2.05, 4.69) is 40.3 Å². The van der Waals surface area contributed by atoms with E-state index < -0.39 is 0 Å². The normalized spacial score (nSPS) is 7.35. The van der Waals surface area contributed by atoms with Crippen LogP contribution in [-0.2, 0) is 9.53 Å². The molecule has 82 valence electrons. The van der Waals surface area contributed by atoms with Gasteiger partial charge in [-0.15, -0.1) is 0 Å². The number of esters is 1. The second kappa shape index (κ2) is 7.63. The lowest BCUT2D eigenvalue weighted by atomic mass is 10.2. The third-order valence-corrected chi connectivity index (χ3v) is 1.60. The van der Waals surface area contributed by atoms with Crippen molar-refractivity contribution in [3.63, 3.8) is 0 Å². The van der Waals surface area contributed by atoms with Gasteiger partial charge in [-0.2, -0.15) is 0 Å². The zero-order valence-corrected chi connectivity index (χ0v) is 9.41. The average molecular weight is 222 g/mol. The summed E-state index contributed by atoms with van der Waals surface area (Å²) in [7, 11) is 0. The molecule has 0 aliphatic rings. The van der Waals surface area contributed by atoms with Crippen molar-refractivity contribution in [3.8, 4) is 35.5 Å². The highest BCUT2D eigenvalue weighted by Crippen LogP contribution is 1.93. The Kier molecular flexibility index (Phi) is 5.59. The van der Waals surface area contributed by atoms with Gasteiger partial charge in [-0.1, -0.05) is 24.1 Å². The Morgan fingerprint density at radius 3 is 2.53 bits per heavy atom. The number of rotatable bonds is 1. The van der Waals surface area contributed by atoms with Crippen LogP contribution >= 0.6 is 0 Å². The smallest absolute Gasteiger partial charge is 0.303 e. The lowest BCUT2D eigenvalue weighted by Gasteiger charge is -1.89. The summed E-state index contributed by atoms with van der Waals surface area (Å²) in [5, 5.41) is 0. The van der Waals surface area contributed by atoms with Crippen molar-refractivity contribution in [3.05, 3.63) is 35.9 Å². The number of benzene rings is 1. The third-order valence-electron chi connectivity index (χ3n) is 1.60. The van der Waals surface area contributed by atoms with Crippen molar-refractivity contribution < 1.29 is 9.53 Å². The molecule has 0 spiro atoms. The fraction of sp³-hybridized carbons (Fsp3) is 0.133. The molecule has 0 aliphatic heterocycles. The Morgan fingerprint density at radius 1 is 1.12 bits per heavy atom. The van der Waals surface area contributed by atoms with E-state index >= 15 is 0 Å². The van der Waals surface area contributed by atoms with Gasteiger partial charge in [0.1, 0.15) is 0 Å². The molecule has 1 rings (SSSR count). The van der Waals surface area contributed by atoms with E-state index in [1.807, 2.05) is 30.3 Å².